The second kappa shape index (κ2) is 6.23. The molecule has 0 atom stereocenters. The molecule has 0 saturated heterocycles. The Bertz CT molecular complexity index is 593. The molecule has 104 valence electrons. The summed E-state index contributed by atoms with van der Waals surface area (Å²) >= 11 is 3.44. The van der Waals surface area contributed by atoms with Gasteiger partial charge in [0.05, 0.1) is 5.69 Å². The lowest BCUT2D eigenvalue weighted by atomic mass is 9.84. The summed E-state index contributed by atoms with van der Waals surface area (Å²) in [5, 5.41) is 2.98. The molecule has 1 amide bonds. The Labute approximate surface area is 128 Å². The predicted octanol–water partition coefficient (Wildman–Crippen LogP) is 4.66. The van der Waals surface area contributed by atoms with Gasteiger partial charge in [0.15, 0.2) is 0 Å². The molecule has 0 aromatic heterocycles. The van der Waals surface area contributed by atoms with Crippen molar-refractivity contribution in [3.63, 3.8) is 0 Å². The van der Waals surface area contributed by atoms with E-state index in [1.54, 1.807) is 0 Å². The fraction of sp³-hybridized carbons (Fsp3) is 0.235. The number of anilines is 1. The molecule has 0 aliphatic rings. The quantitative estimate of drug-likeness (QED) is 0.867. The van der Waals surface area contributed by atoms with Crippen LogP contribution in [-0.2, 0) is 11.2 Å². The van der Waals surface area contributed by atoms with Gasteiger partial charge in [0, 0.05) is 9.89 Å². The first kappa shape index (κ1) is 14.8. The summed E-state index contributed by atoms with van der Waals surface area (Å²) < 4.78 is 0.892. The van der Waals surface area contributed by atoms with Gasteiger partial charge in [-0.1, -0.05) is 56.3 Å². The third-order valence-electron chi connectivity index (χ3n) is 3.23. The first-order valence-electron chi connectivity index (χ1n) is 6.59. The average molecular weight is 332 g/mol. The molecular weight excluding hydrogens is 314 g/mol. The van der Waals surface area contributed by atoms with Crippen LogP contribution in [0.3, 0.4) is 0 Å². The van der Waals surface area contributed by atoms with Crippen LogP contribution in [0.2, 0.25) is 0 Å². The van der Waals surface area contributed by atoms with Crippen molar-refractivity contribution >= 4 is 27.5 Å². The Morgan fingerprint density at radius 1 is 1.05 bits per heavy atom. The van der Waals surface area contributed by atoms with E-state index in [2.05, 4.69) is 21.2 Å². The van der Waals surface area contributed by atoms with E-state index in [9.17, 15) is 4.79 Å². The Kier molecular flexibility index (Phi) is 4.61. The number of carbonyl (C=O) groups excluding carboxylic acids is 1. The van der Waals surface area contributed by atoms with E-state index in [1.807, 2.05) is 68.4 Å². The first-order chi connectivity index (χ1) is 9.49. The molecule has 2 nitrogen and oxygen atoms in total. The van der Waals surface area contributed by atoms with E-state index in [0.717, 1.165) is 10.2 Å². The average Bonchev–Trinajstić information content (AvgIpc) is 2.42. The molecule has 0 unspecified atom stereocenters. The summed E-state index contributed by atoms with van der Waals surface area (Å²) in [6, 6.07) is 17.7. The van der Waals surface area contributed by atoms with Gasteiger partial charge in [0.25, 0.3) is 0 Å². The molecule has 20 heavy (non-hydrogen) atoms. The van der Waals surface area contributed by atoms with Crippen LogP contribution in [0.15, 0.2) is 59.1 Å². The van der Waals surface area contributed by atoms with Gasteiger partial charge in [-0.25, -0.2) is 0 Å². The second-order valence-electron chi connectivity index (χ2n) is 5.48. The number of rotatable bonds is 4. The number of carbonyl (C=O) groups is 1. The number of hydrogen-bond donors (Lipinski definition) is 1. The Morgan fingerprint density at radius 3 is 2.30 bits per heavy atom. The molecule has 0 spiro atoms. The van der Waals surface area contributed by atoms with Crippen molar-refractivity contribution in [1.82, 2.24) is 0 Å². The third-order valence-corrected chi connectivity index (χ3v) is 3.92. The standard InChI is InChI=1S/C17H18BrNO/c1-17(2,12-13-8-4-3-5-9-13)16(20)19-15-11-7-6-10-14(15)18/h3-11H,12H2,1-2H3,(H,19,20). The number of benzene rings is 2. The molecule has 0 fully saturated rings. The van der Waals surface area contributed by atoms with Crippen LogP contribution in [0.4, 0.5) is 5.69 Å². The van der Waals surface area contributed by atoms with Crippen molar-refractivity contribution in [3.8, 4) is 0 Å². The summed E-state index contributed by atoms with van der Waals surface area (Å²) in [4.78, 5) is 12.5. The van der Waals surface area contributed by atoms with Crippen molar-refractivity contribution < 1.29 is 4.79 Å². The zero-order chi connectivity index (χ0) is 14.6. The molecule has 1 N–H and O–H groups in total. The molecule has 0 saturated carbocycles. The van der Waals surface area contributed by atoms with E-state index in [1.165, 1.54) is 5.56 Å². The minimum atomic E-state index is -0.462. The maximum atomic E-state index is 12.5. The highest BCUT2D eigenvalue weighted by molar-refractivity contribution is 9.10. The lowest BCUT2D eigenvalue weighted by Gasteiger charge is -2.24. The molecule has 0 bridgehead atoms. The molecule has 3 heteroatoms. The highest BCUT2D eigenvalue weighted by atomic mass is 79.9. The number of halogens is 1. The lowest BCUT2D eigenvalue weighted by Crippen LogP contribution is -2.32. The number of para-hydroxylation sites is 1. The summed E-state index contributed by atoms with van der Waals surface area (Å²) in [5.41, 5.74) is 1.51. The van der Waals surface area contributed by atoms with Gasteiger partial charge in [0.2, 0.25) is 5.91 Å². The van der Waals surface area contributed by atoms with Crippen molar-refractivity contribution in [3.05, 3.63) is 64.6 Å². The van der Waals surface area contributed by atoms with E-state index in [4.69, 9.17) is 0 Å². The molecule has 2 aromatic carbocycles. The van der Waals surface area contributed by atoms with Crippen molar-refractivity contribution in [2.24, 2.45) is 5.41 Å². The fourth-order valence-electron chi connectivity index (χ4n) is 2.04. The van der Waals surface area contributed by atoms with Crippen LogP contribution >= 0.6 is 15.9 Å². The fourth-order valence-corrected chi connectivity index (χ4v) is 2.42. The topological polar surface area (TPSA) is 29.1 Å². The van der Waals surface area contributed by atoms with Gasteiger partial charge >= 0.3 is 0 Å². The maximum absolute atomic E-state index is 12.5. The smallest absolute Gasteiger partial charge is 0.230 e. The Balaban J connectivity index is 2.10. The maximum Gasteiger partial charge on any atom is 0.230 e. The van der Waals surface area contributed by atoms with Crippen molar-refractivity contribution in [1.29, 1.82) is 0 Å². The molecule has 0 aliphatic carbocycles. The molecule has 0 radical (unpaired) electrons. The summed E-state index contributed by atoms with van der Waals surface area (Å²) in [5.74, 6) is 0.0215. The Morgan fingerprint density at radius 2 is 1.65 bits per heavy atom. The summed E-state index contributed by atoms with van der Waals surface area (Å²) in [7, 11) is 0. The number of amides is 1. The van der Waals surface area contributed by atoms with Gasteiger partial charge in [0.1, 0.15) is 0 Å². The molecule has 2 aromatic rings. The Hall–Kier alpha value is -1.61. The highest BCUT2D eigenvalue weighted by Gasteiger charge is 2.28. The van der Waals surface area contributed by atoms with Crippen LogP contribution in [0, 0.1) is 5.41 Å². The lowest BCUT2D eigenvalue weighted by molar-refractivity contribution is -0.123. The number of hydrogen-bond acceptors (Lipinski definition) is 1. The van der Waals surface area contributed by atoms with E-state index in [-0.39, 0.29) is 5.91 Å². The van der Waals surface area contributed by atoms with E-state index >= 15 is 0 Å². The monoisotopic (exact) mass is 331 g/mol. The summed E-state index contributed by atoms with van der Waals surface area (Å²) in [6.07, 6.45) is 0.712. The van der Waals surface area contributed by atoms with Crippen LogP contribution in [0.25, 0.3) is 0 Å². The van der Waals surface area contributed by atoms with Gasteiger partial charge in [-0.05, 0) is 40.0 Å². The van der Waals surface area contributed by atoms with Gasteiger partial charge in [-0.2, -0.15) is 0 Å². The normalized spacial score (nSPS) is 11.2. The molecular formula is C17H18BrNO. The second-order valence-corrected chi connectivity index (χ2v) is 6.33. The van der Waals surface area contributed by atoms with E-state index < -0.39 is 5.41 Å². The van der Waals surface area contributed by atoms with Crippen LogP contribution in [0.5, 0.6) is 0 Å². The number of nitrogens with one attached hydrogen (secondary N) is 1. The SMILES string of the molecule is CC(C)(Cc1ccccc1)C(=O)Nc1ccccc1Br. The van der Waals surface area contributed by atoms with Crippen LogP contribution < -0.4 is 5.32 Å². The van der Waals surface area contributed by atoms with E-state index in [0.29, 0.717) is 6.42 Å². The largest absolute Gasteiger partial charge is 0.325 e. The van der Waals surface area contributed by atoms with Gasteiger partial charge in [-0.15, -0.1) is 0 Å². The molecule has 0 aliphatic heterocycles. The first-order valence-corrected chi connectivity index (χ1v) is 7.38. The molecule has 2 rings (SSSR count). The zero-order valence-electron chi connectivity index (χ0n) is 11.7. The van der Waals surface area contributed by atoms with Crippen molar-refractivity contribution in [2.75, 3.05) is 5.32 Å². The molecule has 0 heterocycles. The predicted molar refractivity (Wildman–Crippen MR) is 86.7 cm³/mol. The highest BCUT2D eigenvalue weighted by Crippen LogP contribution is 2.27. The third kappa shape index (κ3) is 3.70. The minimum Gasteiger partial charge on any atom is -0.325 e. The summed E-state index contributed by atoms with van der Waals surface area (Å²) in [6.45, 7) is 3.93. The van der Waals surface area contributed by atoms with Gasteiger partial charge < -0.3 is 5.32 Å². The van der Waals surface area contributed by atoms with Crippen molar-refractivity contribution in [2.45, 2.75) is 20.3 Å². The zero-order valence-corrected chi connectivity index (χ0v) is 13.3. The van der Waals surface area contributed by atoms with Crippen LogP contribution in [-0.4, -0.2) is 5.91 Å². The van der Waals surface area contributed by atoms with Crippen LogP contribution in [0.1, 0.15) is 19.4 Å². The van der Waals surface area contributed by atoms with Gasteiger partial charge in [-0.3, -0.25) is 4.79 Å². The minimum absolute atomic E-state index is 0.0215.